The highest BCUT2D eigenvalue weighted by Gasteiger charge is 2.39. The van der Waals surface area contributed by atoms with Crippen molar-refractivity contribution < 1.29 is 4.79 Å². The summed E-state index contributed by atoms with van der Waals surface area (Å²) in [4.78, 5) is 14.3. The maximum Gasteiger partial charge on any atom is 0.241 e. The van der Waals surface area contributed by atoms with Crippen LogP contribution in [0.25, 0.3) is 0 Å². The van der Waals surface area contributed by atoms with E-state index in [0.717, 1.165) is 32.1 Å². The average molecular weight is 226 g/mol. The molecule has 1 aliphatic heterocycles. The van der Waals surface area contributed by atoms with Gasteiger partial charge >= 0.3 is 0 Å². The lowest BCUT2D eigenvalue weighted by Gasteiger charge is -2.29. The summed E-state index contributed by atoms with van der Waals surface area (Å²) in [5.41, 5.74) is 0. The number of carbonyl (C=O) groups excluding carboxylic acids is 1. The third-order valence-electron chi connectivity index (χ3n) is 3.49. The molecule has 16 heavy (non-hydrogen) atoms. The standard InChI is InChI=1S/C13H26N2O/c1-5-8-11-13(16)15(10(4)7-3)12(14-11)9-6-2/h10-12,14H,5-9H2,1-4H3. The Bertz CT molecular complexity index is 230. The molecule has 1 fully saturated rings. The van der Waals surface area contributed by atoms with E-state index in [2.05, 4.69) is 37.9 Å². The highest BCUT2D eigenvalue weighted by Crippen LogP contribution is 2.21. The quantitative estimate of drug-likeness (QED) is 0.754. The lowest BCUT2D eigenvalue weighted by atomic mass is 10.1. The molecule has 0 aromatic rings. The van der Waals surface area contributed by atoms with Crippen molar-refractivity contribution in [3.05, 3.63) is 0 Å². The number of amides is 1. The predicted octanol–water partition coefficient (Wildman–Crippen LogP) is 2.51. The molecule has 3 nitrogen and oxygen atoms in total. The van der Waals surface area contributed by atoms with Crippen molar-refractivity contribution in [3.63, 3.8) is 0 Å². The summed E-state index contributed by atoms with van der Waals surface area (Å²) < 4.78 is 0. The van der Waals surface area contributed by atoms with Crippen LogP contribution in [0.5, 0.6) is 0 Å². The number of hydrogen-bond donors (Lipinski definition) is 1. The summed E-state index contributed by atoms with van der Waals surface area (Å²) in [6.07, 6.45) is 5.52. The monoisotopic (exact) mass is 226 g/mol. The zero-order chi connectivity index (χ0) is 12.1. The van der Waals surface area contributed by atoms with E-state index in [1.54, 1.807) is 0 Å². The van der Waals surface area contributed by atoms with Gasteiger partial charge in [-0.1, -0.05) is 33.6 Å². The highest BCUT2D eigenvalue weighted by molar-refractivity contribution is 5.84. The van der Waals surface area contributed by atoms with Gasteiger partial charge in [0.05, 0.1) is 12.2 Å². The van der Waals surface area contributed by atoms with Crippen LogP contribution in [0.3, 0.4) is 0 Å². The van der Waals surface area contributed by atoms with E-state index in [9.17, 15) is 4.79 Å². The van der Waals surface area contributed by atoms with Crippen molar-refractivity contribution in [2.24, 2.45) is 0 Å². The fraction of sp³-hybridized carbons (Fsp3) is 0.923. The van der Waals surface area contributed by atoms with Crippen LogP contribution >= 0.6 is 0 Å². The van der Waals surface area contributed by atoms with Crippen molar-refractivity contribution >= 4 is 5.91 Å². The summed E-state index contributed by atoms with van der Waals surface area (Å²) >= 11 is 0. The second-order valence-electron chi connectivity index (χ2n) is 4.82. The van der Waals surface area contributed by atoms with E-state index < -0.39 is 0 Å². The first-order chi connectivity index (χ1) is 7.65. The maximum atomic E-state index is 12.2. The Balaban J connectivity index is 2.72. The van der Waals surface area contributed by atoms with Crippen LogP contribution in [-0.2, 0) is 4.79 Å². The molecule has 0 saturated carbocycles. The zero-order valence-electron chi connectivity index (χ0n) is 11.1. The van der Waals surface area contributed by atoms with E-state index in [1.165, 1.54) is 0 Å². The molecule has 3 heteroatoms. The van der Waals surface area contributed by atoms with Gasteiger partial charge < -0.3 is 4.90 Å². The zero-order valence-corrected chi connectivity index (χ0v) is 11.1. The second-order valence-corrected chi connectivity index (χ2v) is 4.82. The molecular weight excluding hydrogens is 200 g/mol. The number of carbonyl (C=O) groups is 1. The normalized spacial score (nSPS) is 27.5. The van der Waals surface area contributed by atoms with Crippen LogP contribution in [-0.4, -0.2) is 29.1 Å². The van der Waals surface area contributed by atoms with Crippen molar-refractivity contribution in [1.82, 2.24) is 10.2 Å². The molecule has 0 bridgehead atoms. The maximum absolute atomic E-state index is 12.2. The molecule has 0 spiro atoms. The van der Waals surface area contributed by atoms with Gasteiger partial charge in [-0.05, 0) is 26.2 Å². The fourth-order valence-electron chi connectivity index (χ4n) is 2.43. The van der Waals surface area contributed by atoms with Crippen LogP contribution in [0.1, 0.15) is 59.8 Å². The van der Waals surface area contributed by atoms with Crippen molar-refractivity contribution in [3.8, 4) is 0 Å². The van der Waals surface area contributed by atoms with E-state index in [4.69, 9.17) is 0 Å². The smallest absolute Gasteiger partial charge is 0.241 e. The number of nitrogens with one attached hydrogen (secondary N) is 1. The largest absolute Gasteiger partial charge is 0.323 e. The molecule has 0 aromatic carbocycles. The van der Waals surface area contributed by atoms with Gasteiger partial charge in [0.2, 0.25) is 5.91 Å². The number of nitrogens with zero attached hydrogens (tertiary/aromatic N) is 1. The molecule has 1 aliphatic rings. The van der Waals surface area contributed by atoms with Crippen LogP contribution in [0, 0.1) is 0 Å². The lowest BCUT2D eigenvalue weighted by molar-refractivity contribution is -0.132. The average Bonchev–Trinajstić information content (AvgIpc) is 2.56. The molecule has 0 aliphatic carbocycles. The topological polar surface area (TPSA) is 32.3 Å². The van der Waals surface area contributed by atoms with Crippen LogP contribution in [0.15, 0.2) is 0 Å². The summed E-state index contributed by atoms with van der Waals surface area (Å²) in [6.45, 7) is 8.61. The summed E-state index contributed by atoms with van der Waals surface area (Å²) in [7, 11) is 0. The molecule has 3 atom stereocenters. The Labute approximate surface area is 99.6 Å². The first-order valence-electron chi connectivity index (χ1n) is 6.73. The Kier molecular flexibility index (Phi) is 5.26. The van der Waals surface area contributed by atoms with Crippen molar-refractivity contribution in [2.75, 3.05) is 0 Å². The minimum absolute atomic E-state index is 0.0653. The van der Waals surface area contributed by atoms with Crippen molar-refractivity contribution in [1.29, 1.82) is 0 Å². The Hall–Kier alpha value is -0.570. The molecule has 0 aromatic heterocycles. The molecule has 94 valence electrons. The van der Waals surface area contributed by atoms with E-state index in [-0.39, 0.29) is 12.2 Å². The van der Waals surface area contributed by atoms with E-state index >= 15 is 0 Å². The summed E-state index contributed by atoms with van der Waals surface area (Å²) in [5.74, 6) is 0.314. The van der Waals surface area contributed by atoms with Gasteiger partial charge in [-0.25, -0.2) is 0 Å². The number of hydrogen-bond acceptors (Lipinski definition) is 2. The molecule has 0 radical (unpaired) electrons. The van der Waals surface area contributed by atoms with Gasteiger partial charge in [-0.15, -0.1) is 0 Å². The third-order valence-corrected chi connectivity index (χ3v) is 3.49. The van der Waals surface area contributed by atoms with Gasteiger partial charge in [-0.2, -0.15) is 0 Å². The molecule has 1 saturated heterocycles. The lowest BCUT2D eigenvalue weighted by Crippen LogP contribution is -2.42. The Morgan fingerprint density at radius 2 is 1.88 bits per heavy atom. The van der Waals surface area contributed by atoms with Crippen LogP contribution in [0.4, 0.5) is 0 Å². The predicted molar refractivity (Wildman–Crippen MR) is 67.1 cm³/mol. The second kappa shape index (κ2) is 6.24. The van der Waals surface area contributed by atoms with E-state index in [1.807, 2.05) is 0 Å². The van der Waals surface area contributed by atoms with Gasteiger partial charge in [0, 0.05) is 6.04 Å². The van der Waals surface area contributed by atoms with Crippen LogP contribution in [0.2, 0.25) is 0 Å². The SMILES string of the molecule is CCCC1NC(CCC)N(C(C)CC)C1=O. The molecular formula is C13H26N2O. The molecule has 1 heterocycles. The first-order valence-corrected chi connectivity index (χ1v) is 6.73. The molecule has 3 unspecified atom stereocenters. The summed E-state index contributed by atoms with van der Waals surface area (Å²) in [6, 6.07) is 0.425. The van der Waals surface area contributed by atoms with E-state index in [0.29, 0.717) is 11.9 Å². The number of rotatable bonds is 6. The van der Waals surface area contributed by atoms with Crippen molar-refractivity contribution in [2.45, 2.75) is 78.0 Å². The first kappa shape index (κ1) is 13.5. The van der Waals surface area contributed by atoms with Gasteiger partial charge in [0.1, 0.15) is 0 Å². The fourth-order valence-corrected chi connectivity index (χ4v) is 2.43. The summed E-state index contributed by atoms with van der Waals surface area (Å²) in [5, 5.41) is 3.48. The van der Waals surface area contributed by atoms with Gasteiger partial charge in [-0.3, -0.25) is 10.1 Å². The highest BCUT2D eigenvalue weighted by atomic mass is 16.2. The molecule has 1 N–H and O–H groups in total. The molecule has 1 rings (SSSR count). The van der Waals surface area contributed by atoms with Crippen LogP contribution < -0.4 is 5.32 Å². The van der Waals surface area contributed by atoms with Gasteiger partial charge in [0.25, 0.3) is 0 Å². The minimum Gasteiger partial charge on any atom is -0.323 e. The van der Waals surface area contributed by atoms with Gasteiger partial charge in [0.15, 0.2) is 0 Å². The minimum atomic E-state index is 0.0653. The Morgan fingerprint density at radius 3 is 2.38 bits per heavy atom. The molecule has 1 amide bonds. The Morgan fingerprint density at radius 1 is 1.25 bits per heavy atom. The third kappa shape index (κ3) is 2.76.